The van der Waals surface area contributed by atoms with Crippen LogP contribution in [-0.2, 0) is 24.2 Å². The highest BCUT2D eigenvalue weighted by Crippen LogP contribution is 2.34. The molecule has 1 aromatic heterocycles. The fraction of sp³-hybridized carbons (Fsp3) is 0.560. The van der Waals surface area contributed by atoms with Gasteiger partial charge in [0.15, 0.2) is 0 Å². The molecule has 30 heavy (non-hydrogen) atoms. The molecule has 0 unspecified atom stereocenters. The summed E-state index contributed by atoms with van der Waals surface area (Å²) in [7, 11) is 0. The van der Waals surface area contributed by atoms with Gasteiger partial charge < -0.3 is 9.80 Å². The molecule has 1 aromatic carbocycles. The molecule has 158 valence electrons. The summed E-state index contributed by atoms with van der Waals surface area (Å²) >= 11 is 0. The second kappa shape index (κ2) is 8.37. The zero-order chi connectivity index (χ0) is 20.5. The number of carbonyl (C=O) groups is 1. The Hall–Kier alpha value is -2.43. The number of nitrogens with zero attached hydrogens (tertiary/aromatic N) is 4. The molecule has 2 aliphatic carbocycles. The van der Waals surface area contributed by atoms with Crippen molar-refractivity contribution in [3.05, 3.63) is 53.0 Å². The fourth-order valence-electron chi connectivity index (χ4n) is 5.08. The summed E-state index contributed by atoms with van der Waals surface area (Å²) in [6.45, 7) is 4.60. The van der Waals surface area contributed by atoms with E-state index in [1.54, 1.807) is 0 Å². The van der Waals surface area contributed by atoms with E-state index in [0.29, 0.717) is 11.9 Å². The predicted molar refractivity (Wildman–Crippen MR) is 118 cm³/mol. The summed E-state index contributed by atoms with van der Waals surface area (Å²) in [6.07, 6.45) is 8.80. The summed E-state index contributed by atoms with van der Waals surface area (Å²) in [5, 5.41) is 0. The number of hydrogen-bond donors (Lipinski definition) is 0. The lowest BCUT2D eigenvalue weighted by atomic mass is 9.92. The molecule has 1 amide bonds. The molecule has 0 bridgehead atoms. The Labute approximate surface area is 179 Å². The normalized spacial score (nSPS) is 19.4. The summed E-state index contributed by atoms with van der Waals surface area (Å²) in [4.78, 5) is 27.5. The zero-order valence-electron chi connectivity index (χ0n) is 18.0. The lowest BCUT2D eigenvalue weighted by Gasteiger charge is -2.36. The number of rotatable bonds is 5. The SMILES string of the molecule is Cc1nc2c(c(N3CCC(C(=O)N(Cc4ccccc4)C4CC4)CC3)n1)CCCC2. The van der Waals surface area contributed by atoms with Crippen LogP contribution in [0.1, 0.15) is 61.2 Å². The first-order valence-electron chi connectivity index (χ1n) is 11.6. The maximum atomic E-state index is 13.4. The number of amides is 1. The van der Waals surface area contributed by atoms with Gasteiger partial charge in [0.1, 0.15) is 11.6 Å². The summed E-state index contributed by atoms with van der Waals surface area (Å²) in [5.41, 5.74) is 3.85. The van der Waals surface area contributed by atoms with Gasteiger partial charge in [-0.1, -0.05) is 30.3 Å². The Morgan fingerprint density at radius 1 is 1.03 bits per heavy atom. The van der Waals surface area contributed by atoms with Crippen molar-refractivity contribution in [1.29, 1.82) is 0 Å². The van der Waals surface area contributed by atoms with E-state index in [0.717, 1.165) is 69.8 Å². The number of aromatic nitrogens is 2. The summed E-state index contributed by atoms with van der Waals surface area (Å²) in [6, 6.07) is 10.9. The van der Waals surface area contributed by atoms with Crippen LogP contribution in [0.15, 0.2) is 30.3 Å². The molecular formula is C25H32N4O. The van der Waals surface area contributed by atoms with Gasteiger partial charge in [-0.25, -0.2) is 9.97 Å². The molecule has 5 rings (SSSR count). The van der Waals surface area contributed by atoms with Crippen molar-refractivity contribution in [2.75, 3.05) is 18.0 Å². The molecule has 0 N–H and O–H groups in total. The first-order chi connectivity index (χ1) is 14.7. The largest absolute Gasteiger partial charge is 0.356 e. The Balaban J connectivity index is 1.27. The standard InChI is InChI=1S/C25H32N4O/c1-18-26-23-10-6-5-9-22(23)24(27-18)28-15-13-20(14-16-28)25(30)29(21-11-12-21)17-19-7-3-2-4-8-19/h2-4,7-8,20-21H,5-6,9-17H2,1H3. The molecular weight excluding hydrogens is 372 g/mol. The number of anilines is 1. The van der Waals surface area contributed by atoms with Crippen LogP contribution in [0.5, 0.6) is 0 Å². The van der Waals surface area contributed by atoms with E-state index in [2.05, 4.69) is 34.1 Å². The van der Waals surface area contributed by atoms with Crippen LogP contribution in [0.2, 0.25) is 0 Å². The topological polar surface area (TPSA) is 49.3 Å². The number of benzene rings is 1. The van der Waals surface area contributed by atoms with Crippen LogP contribution in [0.4, 0.5) is 5.82 Å². The second-order valence-corrected chi connectivity index (χ2v) is 9.17. The maximum Gasteiger partial charge on any atom is 0.226 e. The molecule has 5 heteroatoms. The third-order valence-electron chi connectivity index (χ3n) is 6.88. The van der Waals surface area contributed by atoms with E-state index in [9.17, 15) is 4.79 Å². The van der Waals surface area contributed by atoms with Crippen molar-refractivity contribution in [3.8, 4) is 0 Å². The smallest absolute Gasteiger partial charge is 0.226 e. The molecule has 0 radical (unpaired) electrons. The Bertz CT molecular complexity index is 901. The highest BCUT2D eigenvalue weighted by Gasteiger charge is 2.37. The van der Waals surface area contributed by atoms with Crippen LogP contribution >= 0.6 is 0 Å². The van der Waals surface area contributed by atoms with E-state index in [1.807, 2.05) is 13.0 Å². The summed E-state index contributed by atoms with van der Waals surface area (Å²) < 4.78 is 0. The van der Waals surface area contributed by atoms with Crippen molar-refractivity contribution in [2.45, 2.75) is 70.9 Å². The predicted octanol–water partition coefficient (Wildman–Crippen LogP) is 4.07. The number of piperidine rings is 1. The van der Waals surface area contributed by atoms with Crippen LogP contribution in [0, 0.1) is 12.8 Å². The second-order valence-electron chi connectivity index (χ2n) is 9.17. The molecule has 1 aliphatic heterocycles. The van der Waals surface area contributed by atoms with Gasteiger partial charge in [0.2, 0.25) is 5.91 Å². The van der Waals surface area contributed by atoms with E-state index in [-0.39, 0.29) is 5.92 Å². The highest BCUT2D eigenvalue weighted by atomic mass is 16.2. The Morgan fingerprint density at radius 2 is 1.77 bits per heavy atom. The van der Waals surface area contributed by atoms with Gasteiger partial charge in [-0.3, -0.25) is 4.79 Å². The Kier molecular flexibility index (Phi) is 5.45. The van der Waals surface area contributed by atoms with Crippen LogP contribution in [0.3, 0.4) is 0 Å². The van der Waals surface area contributed by atoms with E-state index in [1.165, 1.54) is 29.7 Å². The van der Waals surface area contributed by atoms with Gasteiger partial charge in [0, 0.05) is 42.9 Å². The van der Waals surface area contributed by atoms with Crippen molar-refractivity contribution >= 4 is 11.7 Å². The van der Waals surface area contributed by atoms with Gasteiger partial charge in [0.25, 0.3) is 0 Å². The van der Waals surface area contributed by atoms with Crippen LogP contribution < -0.4 is 4.90 Å². The minimum atomic E-state index is 0.143. The fourth-order valence-corrected chi connectivity index (χ4v) is 5.08. The first kappa shape index (κ1) is 19.5. The van der Waals surface area contributed by atoms with Crippen molar-refractivity contribution in [1.82, 2.24) is 14.9 Å². The quantitative estimate of drug-likeness (QED) is 0.754. The van der Waals surface area contributed by atoms with Crippen LogP contribution in [-0.4, -0.2) is 39.9 Å². The van der Waals surface area contributed by atoms with Gasteiger partial charge in [-0.05, 0) is 63.9 Å². The molecule has 2 aromatic rings. The average molecular weight is 405 g/mol. The lowest BCUT2D eigenvalue weighted by Crippen LogP contribution is -2.43. The number of aryl methyl sites for hydroxylation is 2. The van der Waals surface area contributed by atoms with Gasteiger partial charge in [0.05, 0.1) is 0 Å². The minimum Gasteiger partial charge on any atom is -0.356 e. The molecule has 1 saturated heterocycles. The van der Waals surface area contributed by atoms with Gasteiger partial charge in [-0.2, -0.15) is 0 Å². The van der Waals surface area contributed by atoms with E-state index in [4.69, 9.17) is 9.97 Å². The molecule has 0 atom stereocenters. The molecule has 5 nitrogen and oxygen atoms in total. The van der Waals surface area contributed by atoms with Crippen molar-refractivity contribution in [3.63, 3.8) is 0 Å². The number of carbonyl (C=O) groups excluding carboxylic acids is 1. The maximum absolute atomic E-state index is 13.4. The molecule has 2 fully saturated rings. The van der Waals surface area contributed by atoms with Crippen LogP contribution in [0.25, 0.3) is 0 Å². The molecule has 0 spiro atoms. The number of fused-ring (bicyclic) bond motifs is 1. The third-order valence-corrected chi connectivity index (χ3v) is 6.88. The van der Waals surface area contributed by atoms with Crippen molar-refractivity contribution < 1.29 is 4.79 Å². The van der Waals surface area contributed by atoms with E-state index >= 15 is 0 Å². The molecule has 1 saturated carbocycles. The minimum absolute atomic E-state index is 0.143. The Morgan fingerprint density at radius 3 is 2.50 bits per heavy atom. The first-order valence-corrected chi connectivity index (χ1v) is 11.6. The average Bonchev–Trinajstić information content (AvgIpc) is 3.62. The monoisotopic (exact) mass is 404 g/mol. The lowest BCUT2D eigenvalue weighted by molar-refractivity contribution is -0.137. The van der Waals surface area contributed by atoms with Gasteiger partial charge >= 0.3 is 0 Å². The van der Waals surface area contributed by atoms with Gasteiger partial charge in [-0.15, -0.1) is 0 Å². The zero-order valence-corrected chi connectivity index (χ0v) is 18.0. The summed E-state index contributed by atoms with van der Waals surface area (Å²) in [5.74, 6) is 2.53. The van der Waals surface area contributed by atoms with E-state index < -0.39 is 0 Å². The highest BCUT2D eigenvalue weighted by molar-refractivity contribution is 5.80. The third kappa shape index (κ3) is 4.07. The molecule has 2 heterocycles. The number of hydrogen-bond acceptors (Lipinski definition) is 4. The molecule has 3 aliphatic rings. The van der Waals surface area contributed by atoms with Crippen molar-refractivity contribution in [2.24, 2.45) is 5.92 Å².